The van der Waals surface area contributed by atoms with Crippen molar-refractivity contribution in [1.29, 1.82) is 0 Å². The molecule has 0 fully saturated rings. The predicted molar refractivity (Wildman–Crippen MR) is 123 cm³/mol. The van der Waals surface area contributed by atoms with E-state index in [0.717, 1.165) is 39.5 Å². The zero-order valence-corrected chi connectivity index (χ0v) is 17.3. The van der Waals surface area contributed by atoms with Crippen LogP contribution in [0, 0.1) is 13.8 Å². The topological polar surface area (TPSA) is 51.4 Å². The number of hydrazone groups is 1. The average molecular weight is 396 g/mol. The van der Waals surface area contributed by atoms with Crippen LogP contribution in [0.2, 0.25) is 0 Å². The van der Waals surface area contributed by atoms with Crippen LogP contribution in [0.15, 0.2) is 84.1 Å². The number of methoxy groups -OCH3 is 1. The van der Waals surface area contributed by atoms with Crippen molar-refractivity contribution in [2.45, 2.75) is 13.8 Å². The maximum atomic E-state index is 5.28. The summed E-state index contributed by atoms with van der Waals surface area (Å²) in [6.45, 7) is 4.15. The van der Waals surface area contributed by atoms with Crippen molar-refractivity contribution in [1.82, 2.24) is 9.78 Å². The summed E-state index contributed by atoms with van der Waals surface area (Å²) in [4.78, 5) is 0. The van der Waals surface area contributed by atoms with Crippen molar-refractivity contribution in [3.63, 3.8) is 0 Å². The van der Waals surface area contributed by atoms with Gasteiger partial charge in [0.25, 0.3) is 0 Å². The van der Waals surface area contributed by atoms with Gasteiger partial charge in [0.15, 0.2) is 0 Å². The minimum absolute atomic E-state index is 0.813. The van der Waals surface area contributed by atoms with E-state index < -0.39 is 0 Å². The quantitative estimate of drug-likeness (QED) is 0.340. The van der Waals surface area contributed by atoms with E-state index in [0.29, 0.717) is 0 Å². The van der Waals surface area contributed by atoms with E-state index in [9.17, 15) is 0 Å². The number of hydrogen-bond donors (Lipinski definition) is 1. The van der Waals surface area contributed by atoms with Crippen molar-refractivity contribution >= 4 is 11.9 Å². The maximum absolute atomic E-state index is 5.28. The Hall–Kier alpha value is -3.86. The molecule has 0 aliphatic rings. The zero-order chi connectivity index (χ0) is 20.9. The number of aromatic nitrogens is 2. The fourth-order valence-electron chi connectivity index (χ4n) is 3.28. The Morgan fingerprint density at radius 3 is 2.43 bits per heavy atom. The SMILES string of the molecule is COc1ccc(-c2nn(-c3ccccc3)cc2/C=N/Nc2ccc(C)cc2C)cc1. The molecule has 1 heterocycles. The fourth-order valence-corrected chi connectivity index (χ4v) is 3.28. The summed E-state index contributed by atoms with van der Waals surface area (Å²) in [5.41, 5.74) is 10.3. The number of nitrogens with one attached hydrogen (secondary N) is 1. The first-order chi connectivity index (χ1) is 14.6. The van der Waals surface area contributed by atoms with Gasteiger partial charge in [-0.1, -0.05) is 35.9 Å². The van der Waals surface area contributed by atoms with Crippen molar-refractivity contribution in [2.75, 3.05) is 12.5 Å². The monoisotopic (exact) mass is 396 g/mol. The second kappa shape index (κ2) is 8.66. The lowest BCUT2D eigenvalue weighted by Crippen LogP contribution is -1.94. The summed E-state index contributed by atoms with van der Waals surface area (Å²) in [6, 6.07) is 24.2. The Kier molecular flexibility index (Phi) is 5.61. The molecule has 3 aromatic carbocycles. The highest BCUT2D eigenvalue weighted by atomic mass is 16.5. The maximum Gasteiger partial charge on any atom is 0.118 e. The highest BCUT2D eigenvalue weighted by Crippen LogP contribution is 2.25. The largest absolute Gasteiger partial charge is 0.497 e. The van der Waals surface area contributed by atoms with Crippen molar-refractivity contribution < 1.29 is 4.74 Å². The Bertz CT molecular complexity index is 1160. The van der Waals surface area contributed by atoms with E-state index in [1.807, 2.05) is 77.8 Å². The average Bonchev–Trinajstić information content (AvgIpc) is 3.20. The summed E-state index contributed by atoms with van der Waals surface area (Å²) in [5, 5.41) is 9.29. The van der Waals surface area contributed by atoms with Crippen LogP contribution in [0.4, 0.5) is 5.69 Å². The van der Waals surface area contributed by atoms with Crippen molar-refractivity contribution in [3.05, 3.63) is 95.7 Å². The molecule has 5 heteroatoms. The van der Waals surface area contributed by atoms with E-state index in [1.165, 1.54) is 5.56 Å². The molecule has 0 unspecified atom stereocenters. The molecule has 4 aromatic rings. The van der Waals surface area contributed by atoms with Gasteiger partial charge >= 0.3 is 0 Å². The van der Waals surface area contributed by atoms with E-state index in [4.69, 9.17) is 9.84 Å². The number of ether oxygens (including phenoxy) is 1. The number of rotatable bonds is 6. The molecule has 0 bridgehead atoms. The Morgan fingerprint density at radius 2 is 1.73 bits per heavy atom. The molecule has 0 saturated heterocycles. The third-order valence-electron chi connectivity index (χ3n) is 4.90. The molecule has 0 amide bonds. The van der Waals surface area contributed by atoms with E-state index in [2.05, 4.69) is 36.5 Å². The zero-order valence-electron chi connectivity index (χ0n) is 17.3. The van der Waals surface area contributed by atoms with E-state index in [-0.39, 0.29) is 0 Å². The minimum atomic E-state index is 0.813. The van der Waals surface area contributed by atoms with Crippen LogP contribution >= 0.6 is 0 Å². The van der Waals surface area contributed by atoms with Gasteiger partial charge in [-0.2, -0.15) is 10.2 Å². The number of para-hydroxylation sites is 1. The van der Waals surface area contributed by atoms with Crippen LogP contribution < -0.4 is 10.2 Å². The smallest absolute Gasteiger partial charge is 0.118 e. The normalized spacial score (nSPS) is 11.0. The van der Waals surface area contributed by atoms with Gasteiger partial charge in [-0.05, 0) is 61.9 Å². The number of anilines is 1. The standard InChI is InChI=1S/C25H24N4O/c1-18-9-14-24(19(2)15-18)27-26-16-21-17-29(22-7-5-4-6-8-22)28-25(21)20-10-12-23(30-3)13-11-20/h4-17,27H,1-3H3/b26-16+. The first-order valence-electron chi connectivity index (χ1n) is 9.80. The minimum Gasteiger partial charge on any atom is -0.497 e. The van der Waals surface area contributed by atoms with Crippen LogP contribution in [-0.2, 0) is 0 Å². The van der Waals surface area contributed by atoms with Gasteiger partial charge in [0.2, 0.25) is 0 Å². The molecule has 150 valence electrons. The van der Waals surface area contributed by atoms with Crippen LogP contribution in [0.25, 0.3) is 16.9 Å². The van der Waals surface area contributed by atoms with E-state index in [1.54, 1.807) is 7.11 Å². The van der Waals surface area contributed by atoms with Gasteiger partial charge in [0, 0.05) is 17.3 Å². The molecule has 1 N–H and O–H groups in total. The lowest BCUT2D eigenvalue weighted by Gasteiger charge is -2.05. The second-order valence-corrected chi connectivity index (χ2v) is 7.13. The van der Waals surface area contributed by atoms with Crippen molar-refractivity contribution in [3.8, 4) is 22.7 Å². The number of benzene rings is 3. The molecule has 0 radical (unpaired) electrons. The highest BCUT2D eigenvalue weighted by Gasteiger charge is 2.11. The first-order valence-corrected chi connectivity index (χ1v) is 9.80. The molecule has 0 atom stereocenters. The highest BCUT2D eigenvalue weighted by molar-refractivity contribution is 5.89. The molecule has 5 nitrogen and oxygen atoms in total. The molecule has 4 rings (SSSR count). The van der Waals surface area contributed by atoms with Gasteiger partial charge in [0.1, 0.15) is 11.4 Å². The van der Waals surface area contributed by atoms with Gasteiger partial charge in [-0.15, -0.1) is 0 Å². The van der Waals surface area contributed by atoms with Gasteiger partial charge in [-0.3, -0.25) is 5.43 Å². The lowest BCUT2D eigenvalue weighted by atomic mass is 10.1. The van der Waals surface area contributed by atoms with Crippen molar-refractivity contribution in [2.24, 2.45) is 5.10 Å². The molecule has 0 saturated carbocycles. The van der Waals surface area contributed by atoms with Crippen LogP contribution in [-0.4, -0.2) is 23.1 Å². The van der Waals surface area contributed by atoms with Gasteiger partial charge in [-0.25, -0.2) is 4.68 Å². The summed E-state index contributed by atoms with van der Waals surface area (Å²) in [5.74, 6) is 0.813. The summed E-state index contributed by atoms with van der Waals surface area (Å²) in [7, 11) is 1.66. The third kappa shape index (κ3) is 4.25. The molecular formula is C25H24N4O. The third-order valence-corrected chi connectivity index (χ3v) is 4.90. The van der Waals surface area contributed by atoms with E-state index >= 15 is 0 Å². The summed E-state index contributed by atoms with van der Waals surface area (Å²) in [6.07, 6.45) is 3.80. The summed E-state index contributed by atoms with van der Waals surface area (Å²) < 4.78 is 7.15. The second-order valence-electron chi connectivity index (χ2n) is 7.13. The molecule has 0 aliphatic heterocycles. The fraction of sp³-hybridized carbons (Fsp3) is 0.120. The lowest BCUT2D eigenvalue weighted by molar-refractivity contribution is 0.415. The van der Waals surface area contributed by atoms with Crippen LogP contribution in [0.3, 0.4) is 0 Å². The Labute approximate surface area is 176 Å². The first kappa shape index (κ1) is 19.5. The van der Waals surface area contributed by atoms with Crippen LogP contribution in [0.1, 0.15) is 16.7 Å². The molecule has 1 aromatic heterocycles. The van der Waals surface area contributed by atoms with Crippen LogP contribution in [0.5, 0.6) is 5.75 Å². The van der Waals surface area contributed by atoms with Gasteiger partial charge in [0.05, 0.1) is 24.7 Å². The van der Waals surface area contributed by atoms with Gasteiger partial charge < -0.3 is 4.74 Å². The number of hydrogen-bond acceptors (Lipinski definition) is 4. The molecule has 0 spiro atoms. The Balaban J connectivity index is 1.68. The summed E-state index contributed by atoms with van der Waals surface area (Å²) >= 11 is 0. The number of nitrogens with zero attached hydrogens (tertiary/aromatic N) is 3. The Morgan fingerprint density at radius 1 is 0.967 bits per heavy atom. The number of aryl methyl sites for hydroxylation is 2. The molecular weight excluding hydrogens is 372 g/mol. The molecule has 30 heavy (non-hydrogen) atoms. The molecule has 0 aliphatic carbocycles. The predicted octanol–water partition coefficient (Wildman–Crippen LogP) is 5.61.